The molecule has 0 N–H and O–H groups in total. The summed E-state index contributed by atoms with van der Waals surface area (Å²) >= 11 is 0. The minimum atomic E-state index is -0.237. The van der Waals surface area contributed by atoms with Gasteiger partial charge in [-0.15, -0.1) is 6.58 Å². The van der Waals surface area contributed by atoms with E-state index in [1.54, 1.807) is 0 Å². The van der Waals surface area contributed by atoms with Gasteiger partial charge in [0.2, 0.25) is 0 Å². The van der Waals surface area contributed by atoms with Crippen molar-refractivity contribution in [3.63, 3.8) is 0 Å². The quantitative estimate of drug-likeness (QED) is 0.198. The summed E-state index contributed by atoms with van der Waals surface area (Å²) in [6, 6.07) is 40.4. The lowest BCUT2D eigenvalue weighted by molar-refractivity contribution is 0.120. The van der Waals surface area contributed by atoms with Gasteiger partial charge in [-0.3, -0.25) is 0 Å². The molecule has 42 heavy (non-hydrogen) atoms. The van der Waals surface area contributed by atoms with Gasteiger partial charge in [-0.25, -0.2) is 9.97 Å². The number of hydrogen-bond donors (Lipinski definition) is 0. The predicted molar refractivity (Wildman–Crippen MR) is 174 cm³/mol. The van der Waals surface area contributed by atoms with E-state index in [-0.39, 0.29) is 17.0 Å². The Kier molecular flexibility index (Phi) is 6.23. The summed E-state index contributed by atoms with van der Waals surface area (Å²) in [5.41, 5.74) is 7.03. The summed E-state index contributed by atoms with van der Waals surface area (Å²) in [6.45, 7) is 11.5. The van der Waals surface area contributed by atoms with Crippen LogP contribution in [0.2, 0.25) is 0 Å². The molecule has 0 saturated carbocycles. The van der Waals surface area contributed by atoms with Crippen LogP contribution in [0.3, 0.4) is 0 Å². The molecule has 4 nitrogen and oxygen atoms in total. The SMILES string of the molecule is C=CC1(CC)c2ccccc2N2c3nc(-c4ccccc4)c(-c4ccccc4)nc3N(c3ccccc3)C2C1(C)CC. The van der Waals surface area contributed by atoms with E-state index in [0.29, 0.717) is 0 Å². The Morgan fingerprint density at radius 2 is 1.17 bits per heavy atom. The van der Waals surface area contributed by atoms with E-state index in [1.165, 1.54) is 11.3 Å². The van der Waals surface area contributed by atoms with Gasteiger partial charge in [0.15, 0.2) is 11.6 Å². The minimum Gasteiger partial charge on any atom is -0.301 e. The first-order valence-corrected chi connectivity index (χ1v) is 15.0. The number of fused-ring (bicyclic) bond motifs is 5. The molecule has 4 heteroatoms. The first kappa shape index (κ1) is 26.2. The normalized spacial score (nSPS) is 22.3. The topological polar surface area (TPSA) is 32.3 Å². The number of para-hydroxylation sites is 2. The highest BCUT2D eigenvalue weighted by Crippen LogP contribution is 2.64. The molecule has 7 rings (SSSR count). The molecule has 5 aromatic rings. The van der Waals surface area contributed by atoms with Crippen molar-refractivity contribution >= 4 is 23.0 Å². The average molecular weight is 549 g/mol. The third-order valence-corrected chi connectivity index (χ3v) is 9.81. The Bertz CT molecular complexity index is 1750. The van der Waals surface area contributed by atoms with E-state index in [9.17, 15) is 0 Å². The Morgan fingerprint density at radius 1 is 0.667 bits per heavy atom. The van der Waals surface area contributed by atoms with Crippen LogP contribution >= 0.6 is 0 Å². The van der Waals surface area contributed by atoms with Crippen molar-refractivity contribution in [3.8, 4) is 22.5 Å². The molecule has 2 aliphatic heterocycles. The standard InChI is InChI=1S/C38H36N4/c1-5-37(4)36-41(29-23-15-10-16-24-29)34-35(42(36)31-26-18-17-25-30(31)38(37,6-2)7-3)40-33(28-21-13-9-14-22-28)32(39-34)27-19-11-8-12-20-27/h6,8-26,36H,2,5,7H2,1,3-4H3. The number of anilines is 4. The van der Waals surface area contributed by atoms with Crippen molar-refractivity contribution in [1.82, 2.24) is 9.97 Å². The maximum Gasteiger partial charge on any atom is 0.179 e. The summed E-state index contributed by atoms with van der Waals surface area (Å²) in [7, 11) is 0. The zero-order valence-electron chi connectivity index (χ0n) is 24.5. The van der Waals surface area contributed by atoms with E-state index in [2.05, 4.69) is 146 Å². The Labute approximate surface area is 249 Å². The van der Waals surface area contributed by atoms with Gasteiger partial charge in [0.1, 0.15) is 6.17 Å². The lowest BCUT2D eigenvalue weighted by Crippen LogP contribution is -2.62. The minimum absolute atomic E-state index is 0.0533. The number of benzene rings is 4. The van der Waals surface area contributed by atoms with Gasteiger partial charge in [-0.05, 0) is 36.6 Å². The van der Waals surface area contributed by atoms with Crippen molar-refractivity contribution in [2.75, 3.05) is 9.80 Å². The van der Waals surface area contributed by atoms with Crippen molar-refractivity contribution in [2.24, 2.45) is 5.41 Å². The van der Waals surface area contributed by atoms with Crippen LogP contribution in [0.25, 0.3) is 22.5 Å². The third kappa shape index (κ3) is 3.54. The highest BCUT2D eigenvalue weighted by atomic mass is 15.5. The van der Waals surface area contributed by atoms with Crippen LogP contribution in [0.1, 0.15) is 39.2 Å². The second-order valence-electron chi connectivity index (χ2n) is 11.6. The third-order valence-electron chi connectivity index (χ3n) is 9.81. The van der Waals surface area contributed by atoms with Crippen molar-refractivity contribution < 1.29 is 0 Å². The molecule has 208 valence electrons. The monoisotopic (exact) mass is 548 g/mol. The maximum absolute atomic E-state index is 5.55. The highest BCUT2D eigenvalue weighted by Gasteiger charge is 2.62. The molecule has 3 unspecified atom stereocenters. The zero-order chi connectivity index (χ0) is 28.9. The summed E-state index contributed by atoms with van der Waals surface area (Å²) in [6.07, 6.45) is 4.07. The number of hydrogen-bond acceptors (Lipinski definition) is 4. The lowest BCUT2D eigenvalue weighted by Gasteiger charge is -2.58. The predicted octanol–water partition coefficient (Wildman–Crippen LogP) is 9.69. The fourth-order valence-electron chi connectivity index (χ4n) is 7.53. The van der Waals surface area contributed by atoms with Gasteiger partial charge in [0.25, 0.3) is 0 Å². The molecule has 0 amide bonds. The van der Waals surface area contributed by atoms with Crippen molar-refractivity contribution in [1.29, 1.82) is 0 Å². The number of nitrogens with zero attached hydrogens (tertiary/aromatic N) is 4. The molecule has 0 fully saturated rings. The largest absolute Gasteiger partial charge is 0.301 e. The molecule has 1 aromatic heterocycles. The summed E-state index contributed by atoms with van der Waals surface area (Å²) in [4.78, 5) is 16.0. The van der Waals surface area contributed by atoms with Crippen LogP contribution < -0.4 is 9.80 Å². The molecular weight excluding hydrogens is 512 g/mol. The van der Waals surface area contributed by atoms with Crippen molar-refractivity contribution in [3.05, 3.63) is 133 Å². The van der Waals surface area contributed by atoms with Gasteiger partial charge in [0, 0.05) is 33.3 Å². The maximum atomic E-state index is 5.55. The molecule has 0 aliphatic carbocycles. The molecule has 0 radical (unpaired) electrons. The van der Waals surface area contributed by atoms with E-state index < -0.39 is 0 Å². The van der Waals surface area contributed by atoms with Crippen LogP contribution in [0.15, 0.2) is 128 Å². The number of rotatable bonds is 6. The molecule has 4 aromatic carbocycles. The molecule has 0 bridgehead atoms. The fourth-order valence-corrected chi connectivity index (χ4v) is 7.53. The van der Waals surface area contributed by atoms with E-state index >= 15 is 0 Å². The summed E-state index contributed by atoms with van der Waals surface area (Å²) in [5, 5.41) is 0. The molecule has 3 heterocycles. The second kappa shape index (κ2) is 9.99. The second-order valence-corrected chi connectivity index (χ2v) is 11.6. The van der Waals surface area contributed by atoms with Crippen molar-refractivity contribution in [2.45, 2.75) is 45.2 Å². The molecule has 0 saturated heterocycles. The number of aromatic nitrogens is 2. The summed E-state index contributed by atoms with van der Waals surface area (Å²) in [5.74, 6) is 1.78. The van der Waals surface area contributed by atoms with Gasteiger partial charge >= 0.3 is 0 Å². The van der Waals surface area contributed by atoms with Crippen LogP contribution in [-0.2, 0) is 5.41 Å². The van der Waals surface area contributed by atoms with E-state index in [4.69, 9.17) is 9.97 Å². The average Bonchev–Trinajstić information content (AvgIpc) is 3.41. The highest BCUT2D eigenvalue weighted by molar-refractivity contribution is 5.91. The Balaban J connectivity index is 1.60. The van der Waals surface area contributed by atoms with Gasteiger partial charge in [-0.2, -0.15) is 0 Å². The van der Waals surface area contributed by atoms with Crippen LogP contribution in [-0.4, -0.2) is 16.1 Å². The first-order chi connectivity index (χ1) is 20.6. The van der Waals surface area contributed by atoms with Crippen LogP contribution in [0.5, 0.6) is 0 Å². The Hall–Kier alpha value is -4.70. The molecular formula is C38H36N4. The summed E-state index contributed by atoms with van der Waals surface area (Å²) < 4.78 is 0. The fraction of sp³-hybridized carbons (Fsp3) is 0.211. The van der Waals surface area contributed by atoms with E-state index in [1.807, 2.05) is 12.1 Å². The smallest absolute Gasteiger partial charge is 0.179 e. The van der Waals surface area contributed by atoms with Crippen LogP contribution in [0.4, 0.5) is 23.0 Å². The van der Waals surface area contributed by atoms with Crippen LogP contribution in [0, 0.1) is 5.41 Å². The number of allylic oxidation sites excluding steroid dienone is 1. The van der Waals surface area contributed by atoms with Gasteiger partial charge in [0.05, 0.1) is 11.4 Å². The van der Waals surface area contributed by atoms with Gasteiger partial charge < -0.3 is 9.80 Å². The zero-order valence-corrected chi connectivity index (χ0v) is 24.5. The van der Waals surface area contributed by atoms with Gasteiger partial charge in [-0.1, -0.05) is 124 Å². The van der Waals surface area contributed by atoms with E-state index in [0.717, 1.165) is 52.7 Å². The molecule has 3 atom stereocenters. The lowest BCUT2D eigenvalue weighted by atomic mass is 9.54. The first-order valence-electron chi connectivity index (χ1n) is 15.0. The Morgan fingerprint density at radius 3 is 1.69 bits per heavy atom. The molecule has 0 spiro atoms. The molecule has 2 aliphatic rings.